The Morgan fingerprint density at radius 2 is 2.00 bits per heavy atom. The van der Waals surface area contributed by atoms with E-state index in [-0.39, 0.29) is 17.5 Å². The van der Waals surface area contributed by atoms with Crippen molar-refractivity contribution in [3.63, 3.8) is 0 Å². The SMILES string of the molecule is CC1C(=O)N2CCCCC2C(=O)N1c1cc(Br)ccc1F. The molecule has 6 heteroatoms. The Bertz CT molecular complexity index is 607. The van der Waals surface area contributed by atoms with E-state index < -0.39 is 17.9 Å². The maximum atomic E-state index is 14.1. The van der Waals surface area contributed by atoms with E-state index >= 15 is 0 Å². The average Bonchev–Trinajstić information content (AvgIpc) is 2.49. The fourth-order valence-electron chi connectivity index (χ4n) is 3.15. The molecule has 4 nitrogen and oxygen atoms in total. The summed E-state index contributed by atoms with van der Waals surface area (Å²) < 4.78 is 14.8. The van der Waals surface area contributed by atoms with Gasteiger partial charge in [-0.25, -0.2) is 4.39 Å². The van der Waals surface area contributed by atoms with Crippen LogP contribution in [0.1, 0.15) is 26.2 Å². The van der Waals surface area contributed by atoms with Crippen molar-refractivity contribution in [1.82, 2.24) is 4.90 Å². The first-order chi connectivity index (χ1) is 10.0. The topological polar surface area (TPSA) is 40.6 Å². The molecule has 3 rings (SSSR count). The van der Waals surface area contributed by atoms with Crippen molar-refractivity contribution in [1.29, 1.82) is 0 Å². The molecule has 0 radical (unpaired) electrons. The summed E-state index contributed by atoms with van der Waals surface area (Å²) in [7, 11) is 0. The minimum Gasteiger partial charge on any atom is -0.329 e. The molecule has 2 heterocycles. The smallest absolute Gasteiger partial charge is 0.250 e. The van der Waals surface area contributed by atoms with Crippen LogP contribution < -0.4 is 4.90 Å². The molecule has 2 unspecified atom stereocenters. The van der Waals surface area contributed by atoms with Crippen LogP contribution in [-0.4, -0.2) is 35.3 Å². The zero-order valence-electron chi connectivity index (χ0n) is 11.7. The van der Waals surface area contributed by atoms with Gasteiger partial charge in [-0.3, -0.25) is 14.5 Å². The fourth-order valence-corrected chi connectivity index (χ4v) is 3.50. The Morgan fingerprint density at radius 1 is 1.24 bits per heavy atom. The quantitative estimate of drug-likeness (QED) is 0.777. The molecule has 0 bridgehead atoms. The van der Waals surface area contributed by atoms with Crippen LogP contribution in [0.3, 0.4) is 0 Å². The first-order valence-electron chi connectivity index (χ1n) is 7.09. The highest BCUT2D eigenvalue weighted by Crippen LogP contribution is 2.32. The number of nitrogens with zero attached hydrogens (tertiary/aromatic N) is 2. The highest BCUT2D eigenvalue weighted by Gasteiger charge is 2.45. The van der Waals surface area contributed by atoms with Crippen molar-refractivity contribution >= 4 is 33.4 Å². The Morgan fingerprint density at radius 3 is 2.76 bits per heavy atom. The zero-order valence-corrected chi connectivity index (χ0v) is 13.3. The van der Waals surface area contributed by atoms with E-state index in [2.05, 4.69) is 15.9 Å². The van der Waals surface area contributed by atoms with E-state index in [1.807, 2.05) is 0 Å². The summed E-state index contributed by atoms with van der Waals surface area (Å²) in [6, 6.07) is 3.32. The lowest BCUT2D eigenvalue weighted by Crippen LogP contribution is -2.65. The number of amides is 2. The first-order valence-corrected chi connectivity index (χ1v) is 7.88. The standard InChI is InChI=1S/C15H16BrFN2O2/c1-9-14(20)18-7-3-2-4-12(18)15(21)19(9)13-8-10(16)5-6-11(13)17/h5-6,8-9,12H,2-4,7H2,1H3. The fraction of sp³-hybridized carbons (Fsp3) is 0.467. The van der Waals surface area contributed by atoms with E-state index in [9.17, 15) is 14.0 Å². The van der Waals surface area contributed by atoms with Crippen LogP contribution in [0.25, 0.3) is 0 Å². The lowest BCUT2D eigenvalue weighted by atomic mass is 9.95. The number of piperazine rings is 1. The van der Waals surface area contributed by atoms with E-state index in [1.165, 1.54) is 11.0 Å². The highest BCUT2D eigenvalue weighted by molar-refractivity contribution is 9.10. The average molecular weight is 355 g/mol. The number of benzene rings is 1. The van der Waals surface area contributed by atoms with Gasteiger partial charge in [0, 0.05) is 11.0 Å². The Labute approximate surface area is 131 Å². The normalized spacial score (nSPS) is 26.0. The minimum absolute atomic E-state index is 0.0984. The second-order valence-corrected chi connectivity index (χ2v) is 6.44. The molecule has 0 spiro atoms. The molecule has 2 amide bonds. The molecule has 1 aromatic carbocycles. The largest absolute Gasteiger partial charge is 0.329 e. The number of carbonyl (C=O) groups is 2. The molecule has 2 saturated heterocycles. The van der Waals surface area contributed by atoms with Gasteiger partial charge in [-0.2, -0.15) is 0 Å². The van der Waals surface area contributed by atoms with Gasteiger partial charge in [0.25, 0.3) is 5.91 Å². The van der Waals surface area contributed by atoms with Crippen molar-refractivity contribution in [2.45, 2.75) is 38.3 Å². The van der Waals surface area contributed by atoms with Crippen LogP contribution in [0.5, 0.6) is 0 Å². The maximum Gasteiger partial charge on any atom is 0.250 e. The lowest BCUT2D eigenvalue weighted by molar-refractivity contribution is -0.147. The molecule has 1 aromatic rings. The summed E-state index contributed by atoms with van der Waals surface area (Å²) in [6.45, 7) is 2.28. The number of rotatable bonds is 1. The van der Waals surface area contributed by atoms with Crippen LogP contribution in [0.2, 0.25) is 0 Å². The minimum atomic E-state index is -0.671. The van der Waals surface area contributed by atoms with Crippen LogP contribution >= 0.6 is 15.9 Å². The molecule has 0 saturated carbocycles. The van der Waals surface area contributed by atoms with Crippen LogP contribution in [0.15, 0.2) is 22.7 Å². The van der Waals surface area contributed by atoms with Crippen LogP contribution in [-0.2, 0) is 9.59 Å². The van der Waals surface area contributed by atoms with Gasteiger partial charge in [0.15, 0.2) is 0 Å². The van der Waals surface area contributed by atoms with Gasteiger partial charge in [0.05, 0.1) is 5.69 Å². The molecule has 112 valence electrons. The van der Waals surface area contributed by atoms with Crippen LogP contribution in [0, 0.1) is 5.82 Å². The summed E-state index contributed by atoms with van der Waals surface area (Å²) in [4.78, 5) is 28.2. The van der Waals surface area contributed by atoms with Crippen LogP contribution in [0.4, 0.5) is 10.1 Å². The third kappa shape index (κ3) is 2.35. The lowest BCUT2D eigenvalue weighted by Gasteiger charge is -2.46. The van der Waals surface area contributed by atoms with E-state index in [0.29, 0.717) is 17.4 Å². The van der Waals surface area contributed by atoms with E-state index in [0.717, 1.165) is 12.8 Å². The number of hydrogen-bond donors (Lipinski definition) is 0. The Hall–Kier alpha value is -1.43. The number of carbonyl (C=O) groups excluding carboxylic acids is 2. The zero-order chi connectivity index (χ0) is 15.1. The second-order valence-electron chi connectivity index (χ2n) is 5.52. The molecule has 0 aromatic heterocycles. The highest BCUT2D eigenvalue weighted by atomic mass is 79.9. The van der Waals surface area contributed by atoms with Gasteiger partial charge in [0.2, 0.25) is 5.91 Å². The van der Waals surface area contributed by atoms with Gasteiger partial charge in [0.1, 0.15) is 17.9 Å². The molecule has 2 fully saturated rings. The van der Waals surface area contributed by atoms with E-state index in [1.54, 1.807) is 24.0 Å². The van der Waals surface area contributed by atoms with Crippen molar-refractivity contribution in [2.75, 3.05) is 11.4 Å². The van der Waals surface area contributed by atoms with Crippen molar-refractivity contribution in [3.8, 4) is 0 Å². The van der Waals surface area contributed by atoms with Gasteiger partial charge < -0.3 is 4.90 Å². The van der Waals surface area contributed by atoms with Crippen molar-refractivity contribution in [3.05, 3.63) is 28.5 Å². The number of hydrogen-bond acceptors (Lipinski definition) is 2. The maximum absolute atomic E-state index is 14.1. The molecule has 2 atom stereocenters. The predicted molar refractivity (Wildman–Crippen MR) is 80.4 cm³/mol. The number of anilines is 1. The molecular formula is C15H16BrFN2O2. The third-order valence-corrected chi connectivity index (χ3v) is 4.71. The first kappa shape index (κ1) is 14.5. The van der Waals surface area contributed by atoms with Gasteiger partial charge >= 0.3 is 0 Å². The molecule has 21 heavy (non-hydrogen) atoms. The second kappa shape index (κ2) is 5.40. The number of halogens is 2. The Kier molecular flexibility index (Phi) is 3.73. The summed E-state index contributed by atoms with van der Waals surface area (Å²) in [5.41, 5.74) is 0.167. The number of fused-ring (bicyclic) bond motifs is 1. The van der Waals surface area contributed by atoms with Crippen molar-refractivity contribution < 1.29 is 14.0 Å². The van der Waals surface area contributed by atoms with Gasteiger partial charge in [-0.15, -0.1) is 0 Å². The molecule has 2 aliphatic rings. The summed E-state index contributed by atoms with van der Waals surface area (Å²) in [5.74, 6) is -0.770. The molecule has 0 aliphatic carbocycles. The summed E-state index contributed by atoms with van der Waals surface area (Å²) in [6.07, 6.45) is 2.50. The van der Waals surface area contributed by atoms with Crippen molar-refractivity contribution in [2.24, 2.45) is 0 Å². The molecule has 0 N–H and O–H groups in total. The molecular weight excluding hydrogens is 339 g/mol. The van der Waals surface area contributed by atoms with E-state index in [4.69, 9.17) is 0 Å². The number of piperidine rings is 1. The Balaban J connectivity index is 2.03. The van der Waals surface area contributed by atoms with Gasteiger partial charge in [-0.05, 0) is 44.4 Å². The summed E-state index contributed by atoms with van der Waals surface area (Å²) in [5, 5.41) is 0. The third-order valence-electron chi connectivity index (χ3n) is 4.22. The monoisotopic (exact) mass is 354 g/mol. The van der Waals surface area contributed by atoms with Gasteiger partial charge in [-0.1, -0.05) is 15.9 Å². The molecule has 2 aliphatic heterocycles. The predicted octanol–water partition coefficient (Wildman–Crippen LogP) is 2.70. The summed E-state index contributed by atoms with van der Waals surface area (Å²) >= 11 is 3.29.